The molecular weight excluding hydrogens is 308 g/mol. The van der Waals surface area contributed by atoms with E-state index in [1.54, 1.807) is 6.07 Å². The van der Waals surface area contributed by atoms with Crippen LogP contribution in [0.15, 0.2) is 34.9 Å². The highest BCUT2D eigenvalue weighted by atomic mass is 79.9. The van der Waals surface area contributed by atoms with Gasteiger partial charge in [0, 0.05) is 22.0 Å². The summed E-state index contributed by atoms with van der Waals surface area (Å²) in [5.41, 5.74) is 3.88. The van der Waals surface area contributed by atoms with Crippen LogP contribution in [0.5, 0.6) is 0 Å². The number of carboxylic acids is 1. The van der Waals surface area contributed by atoms with Gasteiger partial charge in [-0.15, -0.1) is 0 Å². The van der Waals surface area contributed by atoms with E-state index in [0.29, 0.717) is 5.69 Å². The van der Waals surface area contributed by atoms with Gasteiger partial charge in [0.2, 0.25) is 0 Å². The van der Waals surface area contributed by atoms with Gasteiger partial charge in [-0.25, -0.2) is 9.78 Å². The first-order valence-corrected chi connectivity index (χ1v) is 6.50. The summed E-state index contributed by atoms with van der Waals surface area (Å²) in [6, 6.07) is 7.24. The highest BCUT2D eigenvalue weighted by Crippen LogP contribution is 2.27. The molecule has 1 heterocycles. The molecule has 1 aromatic heterocycles. The van der Waals surface area contributed by atoms with Gasteiger partial charge < -0.3 is 10.4 Å². The number of hydrogen-bond acceptors (Lipinski definition) is 3. The molecule has 0 spiro atoms. The summed E-state index contributed by atoms with van der Waals surface area (Å²) in [6.45, 7) is 4.02. The lowest BCUT2D eigenvalue weighted by Crippen LogP contribution is -2.01. The van der Waals surface area contributed by atoms with Crippen molar-refractivity contribution in [2.24, 2.45) is 0 Å². The normalized spacial score (nSPS) is 10.3. The topological polar surface area (TPSA) is 62.2 Å². The second-order valence-electron chi connectivity index (χ2n) is 4.28. The molecule has 98 valence electrons. The van der Waals surface area contributed by atoms with E-state index in [9.17, 15) is 4.79 Å². The van der Waals surface area contributed by atoms with Gasteiger partial charge in [0.05, 0.1) is 0 Å². The Hall–Kier alpha value is -1.88. The molecule has 2 rings (SSSR count). The number of benzene rings is 1. The molecule has 0 bridgehead atoms. The van der Waals surface area contributed by atoms with Crippen LogP contribution in [0.1, 0.15) is 21.6 Å². The molecule has 0 amide bonds. The molecule has 0 aliphatic carbocycles. The van der Waals surface area contributed by atoms with Crippen molar-refractivity contribution in [3.05, 3.63) is 51.8 Å². The molecule has 0 atom stereocenters. The standard InChI is InChI=1S/C14H13BrN2O2/c1-8-5-11(6-9(2)13(8)15)17-10-3-4-16-12(7-10)14(18)19/h3-7H,1-2H3,(H,16,17)(H,18,19). The molecule has 1 aromatic carbocycles. The van der Waals surface area contributed by atoms with E-state index in [2.05, 4.69) is 26.2 Å². The Morgan fingerprint density at radius 3 is 2.42 bits per heavy atom. The largest absolute Gasteiger partial charge is 0.477 e. The zero-order valence-corrected chi connectivity index (χ0v) is 12.2. The lowest BCUT2D eigenvalue weighted by molar-refractivity contribution is 0.0690. The smallest absolute Gasteiger partial charge is 0.354 e. The van der Waals surface area contributed by atoms with E-state index in [-0.39, 0.29) is 5.69 Å². The first-order chi connectivity index (χ1) is 8.97. The summed E-state index contributed by atoms with van der Waals surface area (Å²) in [4.78, 5) is 14.6. The molecule has 5 heteroatoms. The lowest BCUT2D eigenvalue weighted by Gasteiger charge is -2.10. The van der Waals surface area contributed by atoms with Gasteiger partial charge in [-0.1, -0.05) is 15.9 Å². The third-order valence-corrected chi connectivity index (χ3v) is 3.96. The number of nitrogens with zero attached hydrogens (tertiary/aromatic N) is 1. The minimum absolute atomic E-state index is 0.0237. The van der Waals surface area contributed by atoms with Gasteiger partial charge in [-0.05, 0) is 49.2 Å². The third-order valence-electron chi connectivity index (χ3n) is 2.70. The van der Waals surface area contributed by atoms with Crippen molar-refractivity contribution >= 4 is 33.3 Å². The SMILES string of the molecule is Cc1cc(Nc2ccnc(C(=O)O)c2)cc(C)c1Br. The van der Waals surface area contributed by atoms with Gasteiger partial charge in [0.15, 0.2) is 0 Å². The Kier molecular flexibility index (Phi) is 3.85. The predicted molar refractivity (Wildman–Crippen MR) is 78.1 cm³/mol. The summed E-state index contributed by atoms with van der Waals surface area (Å²) in [5.74, 6) is -1.04. The monoisotopic (exact) mass is 320 g/mol. The van der Waals surface area contributed by atoms with Crippen molar-refractivity contribution in [3.63, 3.8) is 0 Å². The third kappa shape index (κ3) is 3.12. The maximum Gasteiger partial charge on any atom is 0.354 e. The van der Waals surface area contributed by atoms with Gasteiger partial charge in [0.1, 0.15) is 5.69 Å². The summed E-state index contributed by atoms with van der Waals surface area (Å²) >= 11 is 3.51. The molecule has 0 aliphatic rings. The molecule has 0 aliphatic heterocycles. The highest BCUT2D eigenvalue weighted by Gasteiger charge is 2.06. The van der Waals surface area contributed by atoms with E-state index >= 15 is 0 Å². The number of nitrogens with one attached hydrogen (secondary N) is 1. The zero-order chi connectivity index (χ0) is 14.0. The number of aromatic carboxylic acids is 1. The minimum atomic E-state index is -1.04. The highest BCUT2D eigenvalue weighted by molar-refractivity contribution is 9.10. The van der Waals surface area contributed by atoms with Crippen LogP contribution in [-0.4, -0.2) is 16.1 Å². The summed E-state index contributed by atoms with van der Waals surface area (Å²) in [7, 11) is 0. The molecule has 0 saturated carbocycles. The molecule has 0 radical (unpaired) electrons. The Labute approximate surface area is 119 Å². The number of halogens is 1. The average molecular weight is 321 g/mol. The molecule has 0 saturated heterocycles. The molecule has 0 unspecified atom stereocenters. The van der Waals surface area contributed by atoms with Gasteiger partial charge in [-0.2, -0.15) is 0 Å². The first-order valence-electron chi connectivity index (χ1n) is 5.70. The van der Waals surface area contributed by atoms with Crippen LogP contribution >= 0.6 is 15.9 Å². The van der Waals surface area contributed by atoms with E-state index in [1.807, 2.05) is 26.0 Å². The fraction of sp³-hybridized carbons (Fsp3) is 0.143. The predicted octanol–water partition coefficient (Wildman–Crippen LogP) is 3.90. The first kappa shape index (κ1) is 13.5. The van der Waals surface area contributed by atoms with Gasteiger partial charge >= 0.3 is 5.97 Å². The van der Waals surface area contributed by atoms with Crippen molar-refractivity contribution in [2.45, 2.75) is 13.8 Å². The van der Waals surface area contributed by atoms with Crippen LogP contribution in [0.25, 0.3) is 0 Å². The number of pyridine rings is 1. The van der Waals surface area contributed by atoms with Crippen LogP contribution in [0.3, 0.4) is 0 Å². The fourth-order valence-electron chi connectivity index (χ4n) is 1.81. The Bertz CT molecular complexity index is 618. The summed E-state index contributed by atoms with van der Waals surface area (Å²) < 4.78 is 1.08. The number of aromatic nitrogens is 1. The van der Waals surface area contributed by atoms with Crippen LogP contribution < -0.4 is 5.32 Å². The van der Waals surface area contributed by atoms with Crippen LogP contribution in [0.2, 0.25) is 0 Å². The van der Waals surface area contributed by atoms with Crippen molar-refractivity contribution in [2.75, 3.05) is 5.32 Å². The molecule has 19 heavy (non-hydrogen) atoms. The zero-order valence-electron chi connectivity index (χ0n) is 10.6. The quantitative estimate of drug-likeness (QED) is 0.900. The van der Waals surface area contributed by atoms with Crippen LogP contribution in [-0.2, 0) is 0 Å². The number of aryl methyl sites for hydroxylation is 2. The number of hydrogen-bond donors (Lipinski definition) is 2. The van der Waals surface area contributed by atoms with E-state index in [4.69, 9.17) is 5.11 Å². The van der Waals surface area contributed by atoms with Crippen molar-refractivity contribution in [3.8, 4) is 0 Å². The van der Waals surface area contributed by atoms with Crippen molar-refractivity contribution in [1.29, 1.82) is 0 Å². The maximum absolute atomic E-state index is 10.9. The number of anilines is 2. The van der Waals surface area contributed by atoms with E-state index < -0.39 is 5.97 Å². The summed E-state index contributed by atoms with van der Waals surface area (Å²) in [5, 5.41) is 12.1. The molecule has 4 nitrogen and oxygen atoms in total. The van der Waals surface area contributed by atoms with Crippen LogP contribution in [0, 0.1) is 13.8 Å². The lowest BCUT2D eigenvalue weighted by atomic mass is 10.1. The second-order valence-corrected chi connectivity index (χ2v) is 5.08. The van der Waals surface area contributed by atoms with Crippen LogP contribution in [0.4, 0.5) is 11.4 Å². The molecular formula is C14H13BrN2O2. The Balaban J connectivity index is 2.31. The number of rotatable bonds is 3. The van der Waals surface area contributed by atoms with Gasteiger partial charge in [0.25, 0.3) is 0 Å². The maximum atomic E-state index is 10.9. The minimum Gasteiger partial charge on any atom is -0.477 e. The van der Waals surface area contributed by atoms with Gasteiger partial charge in [-0.3, -0.25) is 0 Å². The van der Waals surface area contributed by atoms with E-state index in [0.717, 1.165) is 21.3 Å². The molecule has 2 N–H and O–H groups in total. The molecule has 0 fully saturated rings. The van der Waals surface area contributed by atoms with E-state index in [1.165, 1.54) is 12.3 Å². The summed E-state index contributed by atoms with van der Waals surface area (Å²) in [6.07, 6.45) is 1.48. The second kappa shape index (κ2) is 5.40. The average Bonchev–Trinajstić information content (AvgIpc) is 2.36. The molecule has 2 aromatic rings. The fourth-order valence-corrected chi connectivity index (χ4v) is 2.04. The number of carbonyl (C=O) groups is 1. The Morgan fingerprint density at radius 1 is 1.21 bits per heavy atom. The van der Waals surface area contributed by atoms with Crippen molar-refractivity contribution < 1.29 is 9.90 Å². The van der Waals surface area contributed by atoms with Crippen molar-refractivity contribution in [1.82, 2.24) is 4.98 Å². The Morgan fingerprint density at radius 2 is 1.84 bits per heavy atom. The number of carboxylic acid groups (broad SMARTS) is 1.